The standard InChI is InChI=1S/C17H11F2N3O2S/c18-16(19)23-14-6-4-13(5-7-14)15-21-22-17(24-15)25-10-12-3-1-2-11(8-12)9-20/h1-8,16H,10H2. The maximum atomic E-state index is 12.1. The van der Waals surface area contributed by atoms with E-state index in [0.717, 1.165) is 5.56 Å². The number of hydrogen-bond acceptors (Lipinski definition) is 6. The summed E-state index contributed by atoms with van der Waals surface area (Å²) in [4.78, 5) is 0. The molecule has 3 aromatic rings. The highest BCUT2D eigenvalue weighted by atomic mass is 32.2. The number of nitriles is 1. The summed E-state index contributed by atoms with van der Waals surface area (Å²) in [6, 6.07) is 15.3. The zero-order valence-electron chi connectivity index (χ0n) is 12.7. The Morgan fingerprint density at radius 3 is 2.68 bits per heavy atom. The number of rotatable bonds is 6. The van der Waals surface area contributed by atoms with Crippen LogP contribution in [0.5, 0.6) is 5.75 Å². The lowest BCUT2D eigenvalue weighted by molar-refractivity contribution is -0.0498. The third-order valence-corrected chi connectivity index (χ3v) is 4.04. The van der Waals surface area contributed by atoms with Crippen molar-refractivity contribution in [2.24, 2.45) is 0 Å². The van der Waals surface area contributed by atoms with Crippen molar-refractivity contribution in [1.82, 2.24) is 10.2 Å². The highest BCUT2D eigenvalue weighted by Crippen LogP contribution is 2.27. The minimum absolute atomic E-state index is 0.0604. The lowest BCUT2D eigenvalue weighted by Crippen LogP contribution is -2.01. The number of nitrogens with zero attached hydrogens (tertiary/aromatic N) is 3. The molecule has 126 valence electrons. The molecule has 2 aromatic carbocycles. The molecule has 0 saturated carbocycles. The first kappa shape index (κ1) is 16.9. The first-order valence-corrected chi connectivity index (χ1v) is 8.13. The molecule has 25 heavy (non-hydrogen) atoms. The Morgan fingerprint density at radius 1 is 1.16 bits per heavy atom. The summed E-state index contributed by atoms with van der Waals surface area (Å²) in [6.45, 7) is -2.86. The van der Waals surface area contributed by atoms with Gasteiger partial charge in [0.25, 0.3) is 5.22 Å². The van der Waals surface area contributed by atoms with Crippen molar-refractivity contribution in [1.29, 1.82) is 5.26 Å². The highest BCUT2D eigenvalue weighted by molar-refractivity contribution is 7.98. The van der Waals surface area contributed by atoms with Crippen molar-refractivity contribution in [2.45, 2.75) is 17.6 Å². The highest BCUT2D eigenvalue weighted by Gasteiger charge is 2.11. The Labute approximate surface area is 146 Å². The van der Waals surface area contributed by atoms with Gasteiger partial charge >= 0.3 is 6.61 Å². The Bertz CT molecular complexity index is 891. The van der Waals surface area contributed by atoms with Gasteiger partial charge in [-0.05, 0) is 42.0 Å². The van der Waals surface area contributed by atoms with Crippen molar-refractivity contribution < 1.29 is 17.9 Å². The SMILES string of the molecule is N#Cc1cccc(CSc2nnc(-c3ccc(OC(F)F)cc3)o2)c1. The Balaban J connectivity index is 1.65. The molecule has 0 saturated heterocycles. The number of ether oxygens (including phenoxy) is 1. The third kappa shape index (κ3) is 4.55. The molecule has 0 N–H and O–H groups in total. The summed E-state index contributed by atoms with van der Waals surface area (Å²) in [7, 11) is 0. The minimum Gasteiger partial charge on any atom is -0.435 e. The fraction of sp³-hybridized carbons (Fsp3) is 0.118. The number of benzene rings is 2. The molecule has 0 unspecified atom stereocenters. The summed E-state index contributed by atoms with van der Waals surface area (Å²) >= 11 is 1.35. The average molecular weight is 359 g/mol. The predicted molar refractivity (Wildman–Crippen MR) is 87.1 cm³/mol. The fourth-order valence-electron chi connectivity index (χ4n) is 2.04. The van der Waals surface area contributed by atoms with E-state index in [1.165, 1.54) is 23.9 Å². The Kier molecular flexibility index (Phi) is 5.26. The number of alkyl halides is 2. The Morgan fingerprint density at radius 2 is 1.96 bits per heavy atom. The van der Waals surface area contributed by atoms with E-state index in [1.807, 2.05) is 12.1 Å². The van der Waals surface area contributed by atoms with Gasteiger partial charge in [-0.1, -0.05) is 23.9 Å². The molecule has 0 amide bonds. The third-order valence-electron chi connectivity index (χ3n) is 3.15. The molecule has 1 aromatic heterocycles. The van der Waals surface area contributed by atoms with E-state index in [4.69, 9.17) is 9.68 Å². The maximum absolute atomic E-state index is 12.1. The van der Waals surface area contributed by atoms with Gasteiger partial charge in [0.15, 0.2) is 0 Å². The van der Waals surface area contributed by atoms with Gasteiger partial charge in [-0.3, -0.25) is 0 Å². The van der Waals surface area contributed by atoms with Crippen molar-refractivity contribution >= 4 is 11.8 Å². The van der Waals surface area contributed by atoms with Gasteiger partial charge in [0.2, 0.25) is 5.89 Å². The topological polar surface area (TPSA) is 71.9 Å². The summed E-state index contributed by atoms with van der Waals surface area (Å²) < 4.78 is 34.1. The van der Waals surface area contributed by atoms with Gasteiger partial charge in [0.05, 0.1) is 11.6 Å². The molecule has 0 atom stereocenters. The molecule has 0 fully saturated rings. The van der Waals surface area contributed by atoms with Crippen LogP contribution in [0.2, 0.25) is 0 Å². The van der Waals surface area contributed by atoms with Crippen molar-refractivity contribution in [2.75, 3.05) is 0 Å². The van der Waals surface area contributed by atoms with Crippen LogP contribution in [-0.2, 0) is 5.75 Å². The van der Waals surface area contributed by atoms with Crippen molar-refractivity contribution in [3.63, 3.8) is 0 Å². The zero-order valence-corrected chi connectivity index (χ0v) is 13.5. The van der Waals surface area contributed by atoms with Gasteiger partial charge in [-0.25, -0.2) is 0 Å². The molecule has 3 rings (SSSR count). The van der Waals surface area contributed by atoms with Gasteiger partial charge in [0.1, 0.15) is 5.75 Å². The normalized spacial score (nSPS) is 10.6. The summed E-state index contributed by atoms with van der Waals surface area (Å²) in [5.74, 6) is 0.931. The van der Waals surface area contributed by atoms with Crippen LogP contribution in [0.15, 0.2) is 58.2 Å². The van der Waals surface area contributed by atoms with Crippen LogP contribution in [0, 0.1) is 11.3 Å². The molecular weight excluding hydrogens is 348 g/mol. The molecular formula is C17H11F2N3O2S. The van der Waals surface area contributed by atoms with E-state index in [1.54, 1.807) is 24.3 Å². The van der Waals surface area contributed by atoms with Crippen LogP contribution in [-0.4, -0.2) is 16.8 Å². The summed E-state index contributed by atoms with van der Waals surface area (Å²) in [5.41, 5.74) is 2.17. The van der Waals surface area contributed by atoms with Crippen molar-refractivity contribution in [3.05, 3.63) is 59.7 Å². The van der Waals surface area contributed by atoms with E-state index >= 15 is 0 Å². The van der Waals surface area contributed by atoms with Crippen LogP contribution < -0.4 is 4.74 Å². The predicted octanol–water partition coefficient (Wildman–Crippen LogP) is 4.50. The van der Waals surface area contributed by atoms with Crippen LogP contribution in [0.25, 0.3) is 11.5 Å². The average Bonchev–Trinajstić information content (AvgIpc) is 3.09. The summed E-state index contributed by atoms with van der Waals surface area (Å²) in [5, 5.41) is 17.2. The molecule has 5 nitrogen and oxygen atoms in total. The lowest BCUT2D eigenvalue weighted by Gasteiger charge is -2.03. The molecule has 0 aliphatic rings. The first-order chi connectivity index (χ1) is 12.1. The molecule has 1 heterocycles. The fourth-order valence-corrected chi connectivity index (χ4v) is 2.75. The second-order valence-electron chi connectivity index (χ2n) is 4.88. The molecule has 0 bridgehead atoms. The summed E-state index contributed by atoms with van der Waals surface area (Å²) in [6.07, 6.45) is 0. The molecule has 8 heteroatoms. The molecule has 0 aliphatic carbocycles. The van der Waals surface area contributed by atoms with E-state index in [2.05, 4.69) is 21.0 Å². The quantitative estimate of drug-likeness (QED) is 0.603. The second kappa shape index (κ2) is 7.77. The first-order valence-electron chi connectivity index (χ1n) is 7.14. The van der Waals surface area contributed by atoms with Gasteiger partial charge in [-0.15, -0.1) is 10.2 Å². The smallest absolute Gasteiger partial charge is 0.387 e. The number of hydrogen-bond donors (Lipinski definition) is 0. The number of aromatic nitrogens is 2. The zero-order chi connectivity index (χ0) is 17.6. The largest absolute Gasteiger partial charge is 0.435 e. The Hall–Kier alpha value is -2.92. The molecule has 0 radical (unpaired) electrons. The van der Waals surface area contributed by atoms with E-state index < -0.39 is 6.61 Å². The van der Waals surface area contributed by atoms with Crippen LogP contribution >= 0.6 is 11.8 Å². The van der Waals surface area contributed by atoms with Crippen LogP contribution in [0.1, 0.15) is 11.1 Å². The van der Waals surface area contributed by atoms with Crippen LogP contribution in [0.3, 0.4) is 0 Å². The van der Waals surface area contributed by atoms with Gasteiger partial charge in [0, 0.05) is 11.3 Å². The minimum atomic E-state index is -2.86. The van der Waals surface area contributed by atoms with E-state index in [-0.39, 0.29) is 11.6 Å². The monoisotopic (exact) mass is 359 g/mol. The maximum Gasteiger partial charge on any atom is 0.387 e. The van der Waals surface area contributed by atoms with Gasteiger partial charge < -0.3 is 9.15 Å². The van der Waals surface area contributed by atoms with Crippen LogP contribution in [0.4, 0.5) is 8.78 Å². The number of halogens is 2. The lowest BCUT2D eigenvalue weighted by atomic mass is 10.2. The number of thioether (sulfide) groups is 1. The molecule has 0 aliphatic heterocycles. The van der Waals surface area contributed by atoms with E-state index in [0.29, 0.717) is 22.1 Å². The van der Waals surface area contributed by atoms with Crippen molar-refractivity contribution in [3.8, 4) is 23.3 Å². The second-order valence-corrected chi connectivity index (χ2v) is 5.80. The van der Waals surface area contributed by atoms with E-state index in [9.17, 15) is 8.78 Å². The molecule has 0 spiro atoms. The van der Waals surface area contributed by atoms with Gasteiger partial charge in [-0.2, -0.15) is 14.0 Å².